The molecule has 1 amide bonds. The maximum atomic E-state index is 12.4. The summed E-state index contributed by atoms with van der Waals surface area (Å²) >= 11 is 7.76. The highest BCUT2D eigenvalue weighted by Gasteiger charge is 2.24. The average molecular weight is 383 g/mol. The second-order valence-corrected chi connectivity index (χ2v) is 8.01. The topological polar surface area (TPSA) is 33.2 Å². The van der Waals surface area contributed by atoms with Crippen LogP contribution in [0.3, 0.4) is 0 Å². The van der Waals surface area contributed by atoms with Crippen molar-refractivity contribution in [2.45, 2.75) is 18.8 Å². The Morgan fingerprint density at radius 3 is 2.73 bits per heavy atom. The zero-order valence-electron chi connectivity index (χ0n) is 14.3. The molecule has 1 aliphatic heterocycles. The molecule has 0 N–H and O–H groups in total. The molecule has 4 rings (SSSR count). The van der Waals surface area contributed by atoms with Crippen LogP contribution in [0.5, 0.6) is 0 Å². The van der Waals surface area contributed by atoms with E-state index < -0.39 is 0 Å². The van der Waals surface area contributed by atoms with Crippen molar-refractivity contribution in [1.29, 1.82) is 0 Å². The Balaban J connectivity index is 1.37. The maximum Gasteiger partial charge on any atom is 0.246 e. The second kappa shape index (κ2) is 7.60. The first-order valence-electron chi connectivity index (χ1n) is 8.77. The van der Waals surface area contributed by atoms with E-state index in [0.717, 1.165) is 37.0 Å². The number of carbonyl (C=O) groups is 1. The van der Waals surface area contributed by atoms with Gasteiger partial charge in [0.2, 0.25) is 5.91 Å². The van der Waals surface area contributed by atoms with Crippen LogP contribution in [0.25, 0.3) is 16.3 Å². The summed E-state index contributed by atoms with van der Waals surface area (Å²) in [5.41, 5.74) is 2.02. The van der Waals surface area contributed by atoms with Crippen molar-refractivity contribution < 1.29 is 4.79 Å². The molecule has 1 saturated heterocycles. The first-order chi connectivity index (χ1) is 12.7. The molecule has 5 heteroatoms. The van der Waals surface area contributed by atoms with Gasteiger partial charge in [-0.25, -0.2) is 4.98 Å². The summed E-state index contributed by atoms with van der Waals surface area (Å²) < 4.78 is 1.24. The largest absolute Gasteiger partial charge is 0.339 e. The van der Waals surface area contributed by atoms with Crippen LogP contribution in [0.4, 0.5) is 0 Å². The second-order valence-electron chi connectivity index (χ2n) is 6.51. The summed E-state index contributed by atoms with van der Waals surface area (Å²) in [5, 5.41) is 1.88. The van der Waals surface area contributed by atoms with Crippen molar-refractivity contribution in [3.63, 3.8) is 0 Å². The minimum Gasteiger partial charge on any atom is -0.339 e. The van der Waals surface area contributed by atoms with Gasteiger partial charge in [0.25, 0.3) is 0 Å². The molecular weight excluding hydrogens is 364 g/mol. The van der Waals surface area contributed by atoms with Gasteiger partial charge >= 0.3 is 0 Å². The van der Waals surface area contributed by atoms with E-state index >= 15 is 0 Å². The van der Waals surface area contributed by atoms with Crippen molar-refractivity contribution in [3.05, 3.63) is 70.2 Å². The Bertz CT molecular complexity index is 924. The van der Waals surface area contributed by atoms with Gasteiger partial charge in [0.15, 0.2) is 0 Å². The molecule has 1 aliphatic rings. The Morgan fingerprint density at radius 2 is 1.96 bits per heavy atom. The van der Waals surface area contributed by atoms with Gasteiger partial charge in [-0.05, 0) is 48.7 Å². The molecule has 132 valence electrons. The Kier molecular flexibility index (Phi) is 5.05. The van der Waals surface area contributed by atoms with Crippen LogP contribution in [-0.2, 0) is 4.79 Å². The quantitative estimate of drug-likeness (QED) is 0.570. The van der Waals surface area contributed by atoms with E-state index in [-0.39, 0.29) is 5.91 Å². The normalized spacial score (nSPS) is 15.8. The predicted octanol–water partition coefficient (Wildman–Crippen LogP) is 5.37. The van der Waals surface area contributed by atoms with E-state index in [0.29, 0.717) is 10.9 Å². The third-order valence-electron chi connectivity index (χ3n) is 4.73. The summed E-state index contributed by atoms with van der Waals surface area (Å²) in [4.78, 5) is 19.1. The lowest BCUT2D eigenvalue weighted by Gasteiger charge is -2.30. The van der Waals surface area contributed by atoms with E-state index in [1.54, 1.807) is 17.4 Å². The molecule has 2 heterocycles. The number of benzene rings is 2. The highest BCUT2D eigenvalue weighted by Crippen LogP contribution is 2.33. The van der Waals surface area contributed by atoms with Crippen LogP contribution >= 0.6 is 22.9 Å². The number of hydrogen-bond acceptors (Lipinski definition) is 3. The summed E-state index contributed by atoms with van der Waals surface area (Å²) in [6.07, 6.45) is 5.41. The zero-order chi connectivity index (χ0) is 17.9. The predicted molar refractivity (Wildman–Crippen MR) is 109 cm³/mol. The van der Waals surface area contributed by atoms with E-state index in [1.165, 1.54) is 9.71 Å². The molecule has 0 unspecified atom stereocenters. The SMILES string of the molecule is O=C(/C=C/c1cccc(Cl)c1)N1CCC(c2nc3ccccc3s2)CC1. The fourth-order valence-electron chi connectivity index (χ4n) is 3.29. The van der Waals surface area contributed by atoms with E-state index in [9.17, 15) is 4.79 Å². The Labute approximate surface area is 161 Å². The van der Waals surface area contributed by atoms with Crippen LogP contribution in [-0.4, -0.2) is 28.9 Å². The Morgan fingerprint density at radius 1 is 1.15 bits per heavy atom. The number of amides is 1. The molecule has 1 aromatic heterocycles. The van der Waals surface area contributed by atoms with Crippen LogP contribution in [0, 0.1) is 0 Å². The number of thiazole rings is 1. The number of fused-ring (bicyclic) bond motifs is 1. The van der Waals surface area contributed by atoms with Crippen LogP contribution in [0.15, 0.2) is 54.6 Å². The van der Waals surface area contributed by atoms with Gasteiger partial charge in [-0.1, -0.05) is 35.9 Å². The van der Waals surface area contributed by atoms with E-state index in [2.05, 4.69) is 18.2 Å². The number of hydrogen-bond donors (Lipinski definition) is 0. The number of aromatic nitrogens is 1. The highest BCUT2D eigenvalue weighted by molar-refractivity contribution is 7.18. The molecule has 2 aromatic carbocycles. The molecule has 0 bridgehead atoms. The van der Waals surface area contributed by atoms with Crippen molar-refractivity contribution in [2.75, 3.05) is 13.1 Å². The molecule has 26 heavy (non-hydrogen) atoms. The van der Waals surface area contributed by atoms with Crippen LogP contribution in [0.1, 0.15) is 29.3 Å². The van der Waals surface area contributed by atoms with Gasteiger partial charge < -0.3 is 4.90 Å². The lowest BCUT2D eigenvalue weighted by Crippen LogP contribution is -2.36. The van der Waals surface area contributed by atoms with Crippen molar-refractivity contribution in [1.82, 2.24) is 9.88 Å². The molecule has 0 radical (unpaired) electrons. The summed E-state index contributed by atoms with van der Waals surface area (Å²) in [5.74, 6) is 0.515. The maximum absolute atomic E-state index is 12.4. The van der Waals surface area contributed by atoms with Gasteiger partial charge in [-0.3, -0.25) is 4.79 Å². The average Bonchev–Trinajstić information content (AvgIpc) is 3.10. The Hall–Kier alpha value is -2.17. The van der Waals surface area contributed by atoms with Crippen molar-refractivity contribution >= 4 is 45.1 Å². The molecule has 0 aliphatic carbocycles. The number of rotatable bonds is 3. The lowest BCUT2D eigenvalue weighted by atomic mass is 9.97. The molecule has 3 aromatic rings. The number of piperidine rings is 1. The molecular formula is C21H19ClN2OS. The lowest BCUT2D eigenvalue weighted by molar-refractivity contribution is -0.126. The zero-order valence-corrected chi connectivity index (χ0v) is 15.8. The number of halogens is 1. The number of nitrogens with zero attached hydrogens (tertiary/aromatic N) is 2. The first-order valence-corrected chi connectivity index (χ1v) is 9.96. The minimum absolute atomic E-state index is 0.0627. The first kappa shape index (κ1) is 17.3. The number of para-hydroxylation sites is 1. The highest BCUT2D eigenvalue weighted by atomic mass is 35.5. The molecule has 0 saturated carbocycles. The number of likely N-dealkylation sites (tertiary alicyclic amines) is 1. The summed E-state index contributed by atoms with van der Waals surface area (Å²) in [6, 6.07) is 15.8. The summed E-state index contributed by atoms with van der Waals surface area (Å²) in [7, 11) is 0. The summed E-state index contributed by atoms with van der Waals surface area (Å²) in [6.45, 7) is 1.55. The van der Waals surface area contributed by atoms with Crippen LogP contribution < -0.4 is 0 Å². The van der Waals surface area contributed by atoms with Crippen molar-refractivity contribution in [2.24, 2.45) is 0 Å². The smallest absolute Gasteiger partial charge is 0.246 e. The van der Waals surface area contributed by atoms with E-state index in [4.69, 9.17) is 16.6 Å². The standard InChI is InChI=1S/C21H19ClN2OS/c22-17-5-3-4-15(14-17)8-9-20(25)24-12-10-16(11-13-24)21-23-18-6-1-2-7-19(18)26-21/h1-9,14,16H,10-13H2/b9-8+. The van der Waals surface area contributed by atoms with Gasteiger partial charge in [0, 0.05) is 30.1 Å². The third kappa shape index (κ3) is 3.81. The van der Waals surface area contributed by atoms with Crippen LogP contribution in [0.2, 0.25) is 5.02 Å². The number of carbonyl (C=O) groups excluding carboxylic acids is 1. The molecule has 0 spiro atoms. The molecule has 0 atom stereocenters. The van der Waals surface area contributed by atoms with E-state index in [1.807, 2.05) is 41.3 Å². The molecule has 3 nitrogen and oxygen atoms in total. The van der Waals surface area contributed by atoms with Crippen molar-refractivity contribution in [3.8, 4) is 0 Å². The minimum atomic E-state index is 0.0627. The fraction of sp³-hybridized carbons (Fsp3) is 0.238. The monoisotopic (exact) mass is 382 g/mol. The van der Waals surface area contributed by atoms with Gasteiger partial charge in [0.05, 0.1) is 15.2 Å². The van der Waals surface area contributed by atoms with Gasteiger partial charge in [-0.2, -0.15) is 0 Å². The fourth-order valence-corrected chi connectivity index (χ4v) is 4.63. The van der Waals surface area contributed by atoms with Gasteiger partial charge in [0.1, 0.15) is 0 Å². The molecule has 1 fully saturated rings. The van der Waals surface area contributed by atoms with Gasteiger partial charge in [-0.15, -0.1) is 11.3 Å². The third-order valence-corrected chi connectivity index (χ3v) is 6.17.